The maximum Gasteiger partial charge on any atom is 0.0663 e. The minimum absolute atomic E-state index is 0.301. The van der Waals surface area contributed by atoms with Crippen LogP contribution in [0.3, 0.4) is 0 Å². The number of aromatic nitrogens is 1. The van der Waals surface area contributed by atoms with Crippen LogP contribution in [-0.2, 0) is 4.74 Å². The number of ether oxygens (including phenoxy) is 1. The van der Waals surface area contributed by atoms with Crippen LogP contribution in [0.25, 0.3) is 10.8 Å². The first-order valence-corrected chi connectivity index (χ1v) is 6.14. The number of benzene rings is 1. The molecule has 1 aromatic heterocycles. The molecule has 1 atom stereocenters. The third-order valence-electron chi connectivity index (χ3n) is 3.07. The second-order valence-electron chi connectivity index (χ2n) is 4.33. The highest BCUT2D eigenvalue weighted by Gasteiger charge is 2.09. The second-order valence-corrected chi connectivity index (χ2v) is 4.33. The Hall–Kier alpha value is -1.81. The normalized spacial score (nSPS) is 12.6. The van der Waals surface area contributed by atoms with E-state index in [2.05, 4.69) is 17.2 Å². The molecule has 18 heavy (non-hydrogen) atoms. The summed E-state index contributed by atoms with van der Waals surface area (Å²) >= 11 is 0. The zero-order chi connectivity index (χ0) is 13.0. The van der Waals surface area contributed by atoms with E-state index in [4.69, 9.17) is 10.5 Å². The number of hydrogen-bond donors (Lipinski definition) is 2. The maximum absolute atomic E-state index is 5.95. The van der Waals surface area contributed by atoms with Gasteiger partial charge in [-0.05, 0) is 24.6 Å². The molecule has 0 aliphatic carbocycles. The van der Waals surface area contributed by atoms with Gasteiger partial charge in [-0.25, -0.2) is 0 Å². The number of hydrogen-bond acceptors (Lipinski definition) is 4. The highest BCUT2D eigenvalue weighted by Crippen LogP contribution is 2.28. The standard InChI is InChI=1S/C14H19N3O/c1-3-10(9-18-2)17-14-5-4-13(15)12-8-16-7-6-11(12)14/h4-8,10,17H,3,9,15H2,1-2H3. The van der Waals surface area contributed by atoms with Gasteiger partial charge in [-0.3, -0.25) is 4.98 Å². The molecule has 0 saturated carbocycles. The van der Waals surface area contributed by atoms with Gasteiger partial charge in [-0.1, -0.05) is 6.92 Å². The summed E-state index contributed by atoms with van der Waals surface area (Å²) in [6.45, 7) is 2.82. The molecule has 0 aliphatic rings. The van der Waals surface area contributed by atoms with Crippen LogP contribution in [0.5, 0.6) is 0 Å². The van der Waals surface area contributed by atoms with Crippen LogP contribution < -0.4 is 11.1 Å². The fraction of sp³-hybridized carbons (Fsp3) is 0.357. The van der Waals surface area contributed by atoms with E-state index >= 15 is 0 Å². The Morgan fingerprint density at radius 3 is 2.89 bits per heavy atom. The lowest BCUT2D eigenvalue weighted by Crippen LogP contribution is -2.24. The molecule has 4 nitrogen and oxygen atoms in total. The number of nitrogens with zero attached hydrogens (tertiary/aromatic N) is 1. The molecule has 0 bridgehead atoms. The molecule has 0 aliphatic heterocycles. The van der Waals surface area contributed by atoms with Crippen molar-refractivity contribution in [3.63, 3.8) is 0 Å². The molecule has 2 rings (SSSR count). The van der Waals surface area contributed by atoms with E-state index in [-0.39, 0.29) is 0 Å². The summed E-state index contributed by atoms with van der Waals surface area (Å²) in [6.07, 6.45) is 4.59. The van der Waals surface area contributed by atoms with Crippen LogP contribution in [0, 0.1) is 0 Å². The molecular weight excluding hydrogens is 226 g/mol. The van der Waals surface area contributed by atoms with E-state index in [9.17, 15) is 0 Å². The van der Waals surface area contributed by atoms with Crippen molar-refractivity contribution >= 4 is 22.1 Å². The first-order chi connectivity index (χ1) is 8.76. The molecule has 3 N–H and O–H groups in total. The van der Waals surface area contributed by atoms with Crippen molar-refractivity contribution in [2.45, 2.75) is 19.4 Å². The van der Waals surface area contributed by atoms with E-state index in [0.717, 1.165) is 28.6 Å². The molecule has 0 saturated heterocycles. The van der Waals surface area contributed by atoms with E-state index in [1.807, 2.05) is 18.2 Å². The lowest BCUT2D eigenvalue weighted by atomic mass is 10.1. The third kappa shape index (κ3) is 2.54. The van der Waals surface area contributed by atoms with Crippen LogP contribution in [0.15, 0.2) is 30.6 Å². The fourth-order valence-corrected chi connectivity index (χ4v) is 2.02. The highest BCUT2D eigenvalue weighted by atomic mass is 16.5. The van der Waals surface area contributed by atoms with Crippen molar-refractivity contribution in [3.05, 3.63) is 30.6 Å². The Morgan fingerprint density at radius 1 is 1.33 bits per heavy atom. The van der Waals surface area contributed by atoms with E-state index < -0.39 is 0 Å². The molecule has 4 heteroatoms. The first kappa shape index (κ1) is 12.6. The van der Waals surface area contributed by atoms with Gasteiger partial charge in [0.25, 0.3) is 0 Å². The van der Waals surface area contributed by atoms with Crippen molar-refractivity contribution < 1.29 is 4.74 Å². The summed E-state index contributed by atoms with van der Waals surface area (Å²) in [6, 6.07) is 6.20. The van der Waals surface area contributed by atoms with E-state index in [0.29, 0.717) is 12.6 Å². The van der Waals surface area contributed by atoms with E-state index in [1.165, 1.54) is 0 Å². The quantitative estimate of drug-likeness (QED) is 0.795. The number of nitrogen functional groups attached to an aromatic ring is 1. The molecule has 1 aromatic carbocycles. The summed E-state index contributed by atoms with van der Waals surface area (Å²) < 4.78 is 5.20. The van der Waals surface area contributed by atoms with Crippen LogP contribution in [0.4, 0.5) is 11.4 Å². The SMILES string of the molecule is CCC(COC)Nc1ccc(N)c2cnccc12. The van der Waals surface area contributed by atoms with Crippen LogP contribution in [0.1, 0.15) is 13.3 Å². The van der Waals surface area contributed by atoms with E-state index in [1.54, 1.807) is 19.5 Å². The predicted octanol–water partition coefficient (Wildman–Crippen LogP) is 2.65. The van der Waals surface area contributed by atoms with Gasteiger partial charge >= 0.3 is 0 Å². The average molecular weight is 245 g/mol. The predicted molar refractivity (Wildman–Crippen MR) is 75.7 cm³/mol. The molecule has 0 spiro atoms. The Bertz CT molecular complexity index is 527. The van der Waals surface area contributed by atoms with Gasteiger partial charge in [-0.15, -0.1) is 0 Å². The molecular formula is C14H19N3O. The minimum Gasteiger partial charge on any atom is -0.398 e. The smallest absolute Gasteiger partial charge is 0.0663 e. The van der Waals surface area contributed by atoms with Crippen molar-refractivity contribution in [3.8, 4) is 0 Å². The summed E-state index contributed by atoms with van der Waals surface area (Å²) in [4.78, 5) is 4.12. The van der Waals surface area contributed by atoms with Gasteiger partial charge in [0.15, 0.2) is 0 Å². The zero-order valence-corrected chi connectivity index (χ0v) is 10.8. The van der Waals surface area contributed by atoms with Gasteiger partial charge < -0.3 is 15.8 Å². The molecule has 1 heterocycles. The van der Waals surface area contributed by atoms with Crippen LogP contribution >= 0.6 is 0 Å². The van der Waals surface area contributed by atoms with Crippen LogP contribution in [0.2, 0.25) is 0 Å². The van der Waals surface area contributed by atoms with Crippen molar-refractivity contribution in [2.75, 3.05) is 24.8 Å². The Balaban J connectivity index is 2.36. The Labute approximate surface area is 107 Å². The number of nitrogens with two attached hydrogens (primary N) is 1. The number of anilines is 2. The van der Waals surface area contributed by atoms with Crippen molar-refractivity contribution in [1.29, 1.82) is 0 Å². The number of rotatable bonds is 5. The molecule has 0 radical (unpaired) electrons. The number of methoxy groups -OCH3 is 1. The number of fused-ring (bicyclic) bond motifs is 1. The zero-order valence-electron chi connectivity index (χ0n) is 10.8. The van der Waals surface area contributed by atoms with Crippen LogP contribution in [-0.4, -0.2) is 24.7 Å². The first-order valence-electron chi connectivity index (χ1n) is 6.14. The second kappa shape index (κ2) is 5.69. The maximum atomic E-state index is 5.95. The van der Waals surface area contributed by atoms with Crippen molar-refractivity contribution in [2.24, 2.45) is 0 Å². The van der Waals surface area contributed by atoms with Gasteiger partial charge in [0.1, 0.15) is 0 Å². The topological polar surface area (TPSA) is 60.2 Å². The largest absolute Gasteiger partial charge is 0.398 e. The molecule has 1 unspecified atom stereocenters. The van der Waals surface area contributed by atoms with Crippen molar-refractivity contribution in [1.82, 2.24) is 4.98 Å². The molecule has 0 amide bonds. The summed E-state index contributed by atoms with van der Waals surface area (Å²) in [7, 11) is 1.72. The van der Waals surface area contributed by atoms with Gasteiger partial charge in [0.05, 0.1) is 6.61 Å². The average Bonchev–Trinajstić information content (AvgIpc) is 2.41. The third-order valence-corrected chi connectivity index (χ3v) is 3.07. The molecule has 0 fully saturated rings. The summed E-state index contributed by atoms with van der Waals surface area (Å²) in [5.41, 5.74) is 7.78. The Morgan fingerprint density at radius 2 is 2.17 bits per heavy atom. The minimum atomic E-state index is 0.301. The Kier molecular flexibility index (Phi) is 3.99. The number of nitrogens with one attached hydrogen (secondary N) is 1. The monoisotopic (exact) mass is 245 g/mol. The van der Waals surface area contributed by atoms with Gasteiger partial charge in [0.2, 0.25) is 0 Å². The molecule has 96 valence electrons. The fourth-order valence-electron chi connectivity index (χ4n) is 2.02. The van der Waals surface area contributed by atoms with Gasteiger partial charge in [0, 0.05) is 47.7 Å². The summed E-state index contributed by atoms with van der Waals surface area (Å²) in [5, 5.41) is 5.57. The lowest BCUT2D eigenvalue weighted by Gasteiger charge is -2.19. The number of pyridine rings is 1. The van der Waals surface area contributed by atoms with Gasteiger partial charge in [-0.2, -0.15) is 0 Å². The summed E-state index contributed by atoms with van der Waals surface area (Å²) in [5.74, 6) is 0. The lowest BCUT2D eigenvalue weighted by molar-refractivity contribution is 0.184. The molecule has 2 aromatic rings. The highest BCUT2D eigenvalue weighted by molar-refractivity contribution is 6.00.